The summed E-state index contributed by atoms with van der Waals surface area (Å²) in [5.41, 5.74) is 13.7. The van der Waals surface area contributed by atoms with Crippen LogP contribution in [0.5, 0.6) is 0 Å². The Bertz CT molecular complexity index is 2920. The Morgan fingerprint density at radius 1 is 0.755 bits per heavy atom. The van der Waals surface area contributed by atoms with E-state index in [9.17, 15) is 0 Å². The molecule has 9 aromatic rings. The number of aliphatic imine (C=N–C) groups is 1. The fourth-order valence-electron chi connectivity index (χ4n) is 9.31. The first-order chi connectivity index (χ1) is 24.2. The summed E-state index contributed by atoms with van der Waals surface area (Å²) < 4.78 is 11.5. The molecule has 11 rings (SSSR count). The first kappa shape index (κ1) is 27.0. The average Bonchev–Trinajstić information content (AvgIpc) is 3.79. The molecule has 0 fully saturated rings. The summed E-state index contributed by atoms with van der Waals surface area (Å²) in [4.78, 5) is 5.22. The van der Waals surface area contributed by atoms with Crippen LogP contribution in [0.25, 0.3) is 71.3 Å². The lowest BCUT2D eigenvalue weighted by Crippen LogP contribution is -2.47. The van der Waals surface area contributed by atoms with E-state index in [1.165, 1.54) is 65.9 Å². The molecule has 5 aromatic carbocycles. The number of hydrogen-bond acceptors (Lipinski definition) is 2. The quantitative estimate of drug-likeness (QED) is 0.166. The molecular formula is C45H32N3O+. The number of pyridine rings is 1. The summed E-state index contributed by atoms with van der Waals surface area (Å²) >= 11 is 0. The van der Waals surface area contributed by atoms with Crippen molar-refractivity contribution in [3.63, 3.8) is 0 Å². The fraction of sp³-hybridized carbons (Fsp3) is 0.111. The van der Waals surface area contributed by atoms with Gasteiger partial charge in [0.05, 0.1) is 28.7 Å². The monoisotopic (exact) mass is 630 g/mol. The van der Waals surface area contributed by atoms with Gasteiger partial charge < -0.3 is 8.82 Å². The minimum Gasteiger partial charge on any atom is -0.456 e. The number of allylic oxidation sites excluding steroid dienone is 2. The number of hydrogen-bond donors (Lipinski definition) is 0. The summed E-state index contributed by atoms with van der Waals surface area (Å²) in [6, 6.07) is 40.0. The summed E-state index contributed by atoms with van der Waals surface area (Å²) in [6.07, 6.45) is 6.86. The molecule has 0 saturated carbocycles. The molecule has 0 N–H and O–H groups in total. The van der Waals surface area contributed by atoms with Gasteiger partial charge in [-0.05, 0) is 72.5 Å². The number of para-hydroxylation sites is 2. The molecule has 4 heteroatoms. The van der Waals surface area contributed by atoms with E-state index < -0.39 is 0 Å². The highest BCUT2D eigenvalue weighted by molar-refractivity contribution is 6.35. The predicted molar refractivity (Wildman–Crippen MR) is 201 cm³/mol. The summed E-state index contributed by atoms with van der Waals surface area (Å²) in [5.74, 6) is 0.325. The van der Waals surface area contributed by atoms with Gasteiger partial charge in [0.25, 0.3) is 0 Å². The second-order valence-corrected chi connectivity index (χ2v) is 13.8. The lowest BCUT2D eigenvalue weighted by Gasteiger charge is -2.31. The van der Waals surface area contributed by atoms with E-state index in [4.69, 9.17) is 9.41 Å². The SMILES string of the molecule is C=C/C1=N/C(=C)CC2C(CCc3cc4c(cc31)c1cc3oc5ccccc5c3c3c5ccccc5n4c13)c1ccccc1-c1cccc[n+]12. The van der Waals surface area contributed by atoms with Crippen molar-refractivity contribution in [3.05, 3.63) is 157 Å². The van der Waals surface area contributed by atoms with Gasteiger partial charge in [0.1, 0.15) is 11.2 Å². The van der Waals surface area contributed by atoms with Crippen LogP contribution in [0.3, 0.4) is 0 Å². The molecule has 0 spiro atoms. The van der Waals surface area contributed by atoms with Gasteiger partial charge in [-0.3, -0.25) is 4.99 Å². The van der Waals surface area contributed by atoms with Crippen molar-refractivity contribution >= 4 is 65.7 Å². The zero-order valence-corrected chi connectivity index (χ0v) is 27.0. The van der Waals surface area contributed by atoms with Crippen molar-refractivity contribution in [1.82, 2.24) is 4.40 Å². The molecule has 49 heavy (non-hydrogen) atoms. The summed E-state index contributed by atoms with van der Waals surface area (Å²) in [5, 5.41) is 7.26. The van der Waals surface area contributed by atoms with Crippen LogP contribution in [0.1, 0.15) is 41.5 Å². The van der Waals surface area contributed by atoms with Gasteiger partial charge >= 0.3 is 0 Å². The Morgan fingerprint density at radius 2 is 1.57 bits per heavy atom. The van der Waals surface area contributed by atoms with Crippen LogP contribution in [0.4, 0.5) is 0 Å². The van der Waals surface area contributed by atoms with Crippen molar-refractivity contribution in [2.24, 2.45) is 4.99 Å². The maximum absolute atomic E-state index is 6.54. The first-order valence-corrected chi connectivity index (χ1v) is 17.2. The minimum absolute atomic E-state index is 0.229. The van der Waals surface area contributed by atoms with Gasteiger partial charge in [-0.1, -0.05) is 67.8 Å². The zero-order chi connectivity index (χ0) is 32.4. The van der Waals surface area contributed by atoms with Crippen LogP contribution in [-0.4, -0.2) is 10.1 Å². The maximum atomic E-state index is 6.54. The fourth-order valence-corrected chi connectivity index (χ4v) is 9.31. The minimum atomic E-state index is 0.229. The van der Waals surface area contributed by atoms with E-state index in [1.807, 2.05) is 12.1 Å². The van der Waals surface area contributed by atoms with Gasteiger partial charge in [0.15, 0.2) is 12.2 Å². The zero-order valence-electron chi connectivity index (χ0n) is 27.0. The molecule has 2 unspecified atom stereocenters. The molecule has 2 aliphatic heterocycles. The van der Waals surface area contributed by atoms with E-state index in [2.05, 4.69) is 131 Å². The number of benzene rings is 5. The predicted octanol–water partition coefficient (Wildman–Crippen LogP) is 10.9. The highest BCUT2D eigenvalue weighted by Crippen LogP contribution is 2.48. The Balaban J connectivity index is 1.20. The van der Waals surface area contributed by atoms with E-state index in [0.29, 0.717) is 5.92 Å². The normalized spacial score (nSPS) is 18.9. The maximum Gasteiger partial charge on any atom is 0.213 e. The van der Waals surface area contributed by atoms with E-state index >= 15 is 0 Å². The van der Waals surface area contributed by atoms with E-state index in [1.54, 1.807) is 0 Å². The van der Waals surface area contributed by atoms with Crippen molar-refractivity contribution in [2.45, 2.75) is 31.2 Å². The Morgan fingerprint density at radius 3 is 2.49 bits per heavy atom. The van der Waals surface area contributed by atoms with Gasteiger partial charge in [-0.15, -0.1) is 0 Å². The second-order valence-electron chi connectivity index (χ2n) is 13.8. The Labute approximate surface area is 282 Å². The first-order valence-electron chi connectivity index (χ1n) is 17.2. The number of furan rings is 1. The van der Waals surface area contributed by atoms with Crippen LogP contribution in [0, 0.1) is 0 Å². The molecule has 0 aliphatic carbocycles. The van der Waals surface area contributed by atoms with Crippen molar-refractivity contribution < 1.29 is 8.98 Å². The number of aromatic nitrogens is 2. The Kier molecular flexibility index (Phi) is 5.39. The second kappa shape index (κ2) is 9.77. The lowest BCUT2D eigenvalue weighted by molar-refractivity contribution is -0.718. The molecule has 2 aliphatic rings. The van der Waals surface area contributed by atoms with E-state index in [-0.39, 0.29) is 6.04 Å². The molecule has 2 atom stereocenters. The Hall–Kier alpha value is -6.00. The number of aryl methyl sites for hydroxylation is 1. The van der Waals surface area contributed by atoms with Crippen LogP contribution in [0.15, 0.2) is 150 Å². The third kappa shape index (κ3) is 3.58. The van der Waals surface area contributed by atoms with Gasteiger partial charge in [-0.25, -0.2) is 0 Å². The standard InChI is InChI=1S/C45H32N3O/c1-3-36-33-24-34-35-25-42-43(32-15-7-9-18-41(32)49-42)44-31-14-6-8-17-38(31)48(45(35)44)40(34)23-27(33)19-20-30-28-12-4-5-13-29(28)37-16-10-11-21-47(37)39(30)22-26(2)46-36/h3-18,21,23-25,30,39H,1-2,19-20,22H2/q+1/b46-36-. The third-order valence-corrected chi connectivity index (χ3v) is 11.3. The third-order valence-electron chi connectivity index (χ3n) is 11.3. The molecule has 4 nitrogen and oxygen atoms in total. The highest BCUT2D eigenvalue weighted by atomic mass is 16.3. The molecule has 0 bridgehead atoms. The molecule has 4 aromatic heterocycles. The van der Waals surface area contributed by atoms with Crippen molar-refractivity contribution in [3.8, 4) is 11.3 Å². The molecule has 232 valence electrons. The summed E-state index contributed by atoms with van der Waals surface area (Å²) in [6.45, 7) is 8.79. The summed E-state index contributed by atoms with van der Waals surface area (Å²) in [7, 11) is 0. The number of nitrogens with zero attached hydrogens (tertiary/aromatic N) is 3. The highest BCUT2D eigenvalue weighted by Gasteiger charge is 2.40. The van der Waals surface area contributed by atoms with Crippen LogP contribution in [0.2, 0.25) is 0 Å². The molecule has 0 radical (unpaired) electrons. The van der Waals surface area contributed by atoms with Crippen LogP contribution >= 0.6 is 0 Å². The number of rotatable bonds is 1. The topological polar surface area (TPSA) is 33.8 Å². The molecule has 6 heterocycles. The van der Waals surface area contributed by atoms with Gasteiger partial charge in [-0.2, -0.15) is 4.57 Å². The largest absolute Gasteiger partial charge is 0.456 e. The van der Waals surface area contributed by atoms with Crippen LogP contribution < -0.4 is 4.57 Å². The smallest absolute Gasteiger partial charge is 0.213 e. The molecule has 0 saturated heterocycles. The van der Waals surface area contributed by atoms with Gasteiger partial charge in [0.2, 0.25) is 5.69 Å². The number of fused-ring (bicyclic) bond motifs is 17. The van der Waals surface area contributed by atoms with Gasteiger partial charge in [0, 0.05) is 67.2 Å². The lowest BCUT2D eigenvalue weighted by atomic mass is 9.77. The molecular weight excluding hydrogens is 599 g/mol. The van der Waals surface area contributed by atoms with Crippen molar-refractivity contribution in [1.29, 1.82) is 0 Å². The van der Waals surface area contributed by atoms with E-state index in [0.717, 1.165) is 52.8 Å². The average molecular weight is 631 g/mol. The van der Waals surface area contributed by atoms with Crippen molar-refractivity contribution in [2.75, 3.05) is 0 Å². The van der Waals surface area contributed by atoms with Crippen LogP contribution in [-0.2, 0) is 6.42 Å². The molecule has 0 amide bonds.